The van der Waals surface area contributed by atoms with Gasteiger partial charge in [-0.15, -0.1) is 0 Å². The van der Waals surface area contributed by atoms with Crippen molar-refractivity contribution in [2.45, 2.75) is 32.2 Å². The monoisotopic (exact) mass is 231 g/mol. The Morgan fingerprint density at radius 2 is 2.35 bits per heavy atom. The molecule has 0 amide bonds. The summed E-state index contributed by atoms with van der Waals surface area (Å²) in [7, 11) is 0. The maximum atomic E-state index is 5.78. The highest BCUT2D eigenvalue weighted by molar-refractivity contribution is 5.65. The average Bonchev–Trinajstić information content (AvgIpc) is 2.62. The van der Waals surface area contributed by atoms with E-state index in [4.69, 9.17) is 5.73 Å². The van der Waals surface area contributed by atoms with Crippen LogP contribution in [0.4, 0.5) is 11.6 Å². The predicted octanol–water partition coefficient (Wildman–Crippen LogP) is 1.91. The minimum absolute atomic E-state index is 0.429. The maximum absolute atomic E-state index is 5.78. The molecule has 3 rings (SSSR count). The smallest absolute Gasteiger partial charge is 0.180 e. The van der Waals surface area contributed by atoms with Crippen molar-refractivity contribution < 1.29 is 0 Å². The van der Waals surface area contributed by atoms with Gasteiger partial charge in [-0.3, -0.25) is 0 Å². The molecule has 90 valence electrons. The van der Waals surface area contributed by atoms with Crippen LogP contribution in [0, 0.1) is 5.92 Å². The lowest BCUT2D eigenvalue weighted by Gasteiger charge is -2.32. The van der Waals surface area contributed by atoms with Gasteiger partial charge in [0.15, 0.2) is 11.5 Å². The molecule has 17 heavy (non-hydrogen) atoms. The van der Waals surface area contributed by atoms with E-state index in [0.717, 1.165) is 17.4 Å². The molecule has 0 aromatic carbocycles. The molecule has 1 aliphatic rings. The molecule has 0 bridgehead atoms. The number of anilines is 2. The summed E-state index contributed by atoms with van der Waals surface area (Å²) in [4.78, 5) is 8.64. The topological polar surface area (TPSA) is 68.2 Å². The molecule has 1 saturated carbocycles. The fourth-order valence-electron chi connectivity index (χ4n) is 2.32. The molecule has 1 atom stereocenters. The van der Waals surface area contributed by atoms with Gasteiger partial charge in [0.05, 0.1) is 6.20 Å². The Labute approximate surface area is 100 Å². The molecule has 5 heteroatoms. The molecule has 0 aliphatic heterocycles. The van der Waals surface area contributed by atoms with Crippen LogP contribution in [-0.4, -0.2) is 20.4 Å². The molecule has 2 aromatic rings. The van der Waals surface area contributed by atoms with Crippen LogP contribution in [0.1, 0.15) is 26.2 Å². The van der Waals surface area contributed by atoms with E-state index in [1.807, 2.05) is 10.6 Å². The van der Waals surface area contributed by atoms with E-state index in [-0.39, 0.29) is 0 Å². The molecule has 0 radical (unpaired) electrons. The first kappa shape index (κ1) is 10.4. The number of nitrogens with two attached hydrogens (primary N) is 1. The van der Waals surface area contributed by atoms with E-state index >= 15 is 0 Å². The number of hydrogen-bond donors (Lipinski definition) is 2. The Hall–Kier alpha value is -1.78. The summed E-state index contributed by atoms with van der Waals surface area (Å²) in [5.74, 6) is 2.06. The first-order valence-electron chi connectivity index (χ1n) is 6.10. The van der Waals surface area contributed by atoms with Gasteiger partial charge in [0, 0.05) is 18.4 Å². The summed E-state index contributed by atoms with van der Waals surface area (Å²) in [5, 5.41) is 3.44. The predicted molar refractivity (Wildman–Crippen MR) is 67.8 cm³/mol. The minimum atomic E-state index is 0.429. The number of rotatable bonds is 3. The second kappa shape index (κ2) is 3.91. The SMILES string of the molecule is CC(Nc1nc(N)cn2ccnc12)C1CCC1. The van der Waals surface area contributed by atoms with E-state index in [9.17, 15) is 0 Å². The van der Waals surface area contributed by atoms with E-state index in [1.165, 1.54) is 19.3 Å². The number of nitrogens with zero attached hydrogens (tertiary/aromatic N) is 3. The average molecular weight is 231 g/mol. The van der Waals surface area contributed by atoms with Crippen molar-refractivity contribution in [3.8, 4) is 0 Å². The summed E-state index contributed by atoms with van der Waals surface area (Å²) in [6, 6.07) is 0.429. The van der Waals surface area contributed by atoms with E-state index in [2.05, 4.69) is 22.2 Å². The molecular weight excluding hydrogens is 214 g/mol. The van der Waals surface area contributed by atoms with Gasteiger partial charge >= 0.3 is 0 Å². The Morgan fingerprint density at radius 3 is 3.06 bits per heavy atom. The third-order valence-electron chi connectivity index (χ3n) is 3.61. The molecule has 2 aromatic heterocycles. The fraction of sp³-hybridized carbons (Fsp3) is 0.500. The van der Waals surface area contributed by atoms with Crippen molar-refractivity contribution in [3.63, 3.8) is 0 Å². The van der Waals surface area contributed by atoms with Crippen LogP contribution in [0.15, 0.2) is 18.6 Å². The number of fused-ring (bicyclic) bond motifs is 1. The maximum Gasteiger partial charge on any atom is 0.180 e. The zero-order valence-corrected chi connectivity index (χ0v) is 9.93. The Kier molecular flexibility index (Phi) is 2.39. The van der Waals surface area contributed by atoms with Gasteiger partial charge in [0.25, 0.3) is 0 Å². The van der Waals surface area contributed by atoms with Crippen LogP contribution in [-0.2, 0) is 0 Å². The Balaban J connectivity index is 1.90. The summed E-state index contributed by atoms with van der Waals surface area (Å²) in [6.45, 7) is 2.20. The highest BCUT2D eigenvalue weighted by Crippen LogP contribution is 2.31. The van der Waals surface area contributed by atoms with Gasteiger partial charge in [0.1, 0.15) is 5.82 Å². The zero-order chi connectivity index (χ0) is 11.8. The van der Waals surface area contributed by atoms with Crippen LogP contribution >= 0.6 is 0 Å². The molecule has 2 heterocycles. The largest absolute Gasteiger partial charge is 0.382 e. The molecule has 1 unspecified atom stereocenters. The quantitative estimate of drug-likeness (QED) is 0.846. The zero-order valence-electron chi connectivity index (χ0n) is 9.93. The van der Waals surface area contributed by atoms with Gasteiger partial charge in [-0.2, -0.15) is 0 Å². The van der Waals surface area contributed by atoms with Crippen molar-refractivity contribution in [2.24, 2.45) is 5.92 Å². The number of aromatic nitrogens is 3. The van der Waals surface area contributed by atoms with E-state index in [1.54, 1.807) is 12.4 Å². The molecule has 0 saturated heterocycles. The van der Waals surface area contributed by atoms with E-state index < -0.39 is 0 Å². The first-order chi connectivity index (χ1) is 8.24. The lowest BCUT2D eigenvalue weighted by Crippen LogP contribution is -2.31. The lowest BCUT2D eigenvalue weighted by molar-refractivity contribution is 0.285. The van der Waals surface area contributed by atoms with Crippen molar-refractivity contribution in [3.05, 3.63) is 18.6 Å². The van der Waals surface area contributed by atoms with Crippen molar-refractivity contribution in [1.29, 1.82) is 0 Å². The highest BCUT2D eigenvalue weighted by Gasteiger charge is 2.24. The third kappa shape index (κ3) is 1.81. The summed E-state index contributed by atoms with van der Waals surface area (Å²) in [5.41, 5.74) is 6.62. The van der Waals surface area contributed by atoms with Crippen LogP contribution in [0.2, 0.25) is 0 Å². The second-order valence-corrected chi connectivity index (χ2v) is 4.80. The van der Waals surface area contributed by atoms with Crippen LogP contribution in [0.25, 0.3) is 5.65 Å². The minimum Gasteiger partial charge on any atom is -0.382 e. The molecule has 0 spiro atoms. The lowest BCUT2D eigenvalue weighted by atomic mass is 9.80. The summed E-state index contributed by atoms with van der Waals surface area (Å²) < 4.78 is 1.90. The number of hydrogen-bond acceptors (Lipinski definition) is 4. The summed E-state index contributed by atoms with van der Waals surface area (Å²) >= 11 is 0. The molecule has 1 fully saturated rings. The van der Waals surface area contributed by atoms with Crippen LogP contribution in [0.3, 0.4) is 0 Å². The number of nitrogens with one attached hydrogen (secondary N) is 1. The van der Waals surface area contributed by atoms with Gasteiger partial charge in [-0.05, 0) is 25.7 Å². The molecule has 5 nitrogen and oxygen atoms in total. The Bertz CT molecular complexity index is 529. The Morgan fingerprint density at radius 1 is 1.53 bits per heavy atom. The molecular formula is C12H17N5. The fourth-order valence-corrected chi connectivity index (χ4v) is 2.32. The van der Waals surface area contributed by atoms with Gasteiger partial charge < -0.3 is 15.5 Å². The molecule has 1 aliphatic carbocycles. The molecule has 3 N–H and O–H groups in total. The van der Waals surface area contributed by atoms with Gasteiger partial charge in [-0.25, -0.2) is 9.97 Å². The first-order valence-corrected chi connectivity index (χ1v) is 6.10. The van der Waals surface area contributed by atoms with Crippen LogP contribution < -0.4 is 11.1 Å². The van der Waals surface area contributed by atoms with Crippen LogP contribution in [0.5, 0.6) is 0 Å². The standard InChI is InChI=1S/C12H17N5/c1-8(9-3-2-4-9)15-11-12-14-5-6-17(12)7-10(13)16-11/h5-9H,2-4,13H2,1H3,(H,15,16). The number of nitrogen functional groups attached to an aromatic ring is 1. The summed E-state index contributed by atoms with van der Waals surface area (Å²) in [6.07, 6.45) is 9.38. The second-order valence-electron chi connectivity index (χ2n) is 4.80. The van der Waals surface area contributed by atoms with Gasteiger partial charge in [-0.1, -0.05) is 6.42 Å². The third-order valence-corrected chi connectivity index (χ3v) is 3.61. The van der Waals surface area contributed by atoms with Gasteiger partial charge in [0.2, 0.25) is 0 Å². The van der Waals surface area contributed by atoms with E-state index in [0.29, 0.717) is 11.9 Å². The van der Waals surface area contributed by atoms with Crippen molar-refractivity contribution >= 4 is 17.3 Å². The normalized spacial score (nSPS) is 17.9. The van der Waals surface area contributed by atoms with Crippen molar-refractivity contribution in [1.82, 2.24) is 14.4 Å². The highest BCUT2D eigenvalue weighted by atomic mass is 15.1. The number of imidazole rings is 1. The van der Waals surface area contributed by atoms with Crippen molar-refractivity contribution in [2.75, 3.05) is 11.1 Å².